The normalized spacial score (nSPS) is 12.1. The van der Waals surface area contributed by atoms with E-state index < -0.39 is 0 Å². The monoisotopic (exact) mass is 361 g/mol. The van der Waals surface area contributed by atoms with Crippen LogP contribution in [0.1, 0.15) is 29.0 Å². The number of aromatic nitrogens is 2. The van der Waals surface area contributed by atoms with Gasteiger partial charge < -0.3 is 5.32 Å². The molecule has 0 aliphatic carbocycles. The van der Waals surface area contributed by atoms with E-state index in [0.29, 0.717) is 20.8 Å². The first-order chi connectivity index (χ1) is 11.5. The van der Waals surface area contributed by atoms with E-state index in [1.165, 1.54) is 0 Å². The largest absolute Gasteiger partial charge is 0.344 e. The molecular formula is C17H13Cl2N3O2. The van der Waals surface area contributed by atoms with Crippen molar-refractivity contribution in [1.82, 2.24) is 15.5 Å². The minimum atomic E-state index is -0.388. The van der Waals surface area contributed by atoms with Gasteiger partial charge in [-0.2, -0.15) is 5.10 Å². The van der Waals surface area contributed by atoms with Crippen LogP contribution in [0, 0.1) is 0 Å². The van der Waals surface area contributed by atoms with Crippen molar-refractivity contribution in [2.45, 2.75) is 13.0 Å². The standard InChI is InChI=1S/C17H13Cl2N3O2/c1-9(10-6-7-13(18)14(19)8-10)20-17(24)15-11-4-2-3-5-12(11)16(23)22-21-15/h2-9H,1H3,(H,20,24)(H,22,23). The van der Waals surface area contributed by atoms with Gasteiger partial charge in [0.1, 0.15) is 0 Å². The number of nitrogens with zero attached hydrogens (tertiary/aromatic N) is 1. The van der Waals surface area contributed by atoms with Gasteiger partial charge in [0.15, 0.2) is 5.69 Å². The third kappa shape index (κ3) is 3.13. The first-order valence-corrected chi connectivity index (χ1v) is 7.96. The van der Waals surface area contributed by atoms with Gasteiger partial charge in [-0.3, -0.25) is 9.59 Å². The van der Waals surface area contributed by atoms with E-state index in [-0.39, 0.29) is 23.2 Å². The number of amides is 1. The Morgan fingerprint density at radius 2 is 1.83 bits per heavy atom. The second-order valence-electron chi connectivity index (χ2n) is 5.32. The van der Waals surface area contributed by atoms with Gasteiger partial charge in [-0.25, -0.2) is 5.10 Å². The summed E-state index contributed by atoms with van der Waals surface area (Å²) in [6, 6.07) is 11.7. The van der Waals surface area contributed by atoms with E-state index in [0.717, 1.165) is 5.56 Å². The van der Waals surface area contributed by atoms with Crippen LogP contribution in [-0.2, 0) is 0 Å². The first-order valence-electron chi connectivity index (χ1n) is 7.20. The zero-order valence-corrected chi connectivity index (χ0v) is 14.2. The Balaban J connectivity index is 1.91. The lowest BCUT2D eigenvalue weighted by molar-refractivity contribution is 0.0935. The fourth-order valence-corrected chi connectivity index (χ4v) is 2.72. The minimum absolute atomic E-state index is 0.164. The Morgan fingerprint density at radius 3 is 2.54 bits per heavy atom. The lowest BCUT2D eigenvalue weighted by Gasteiger charge is -2.15. The number of H-pyrrole nitrogens is 1. The number of halogens is 2. The topological polar surface area (TPSA) is 74.8 Å². The first kappa shape index (κ1) is 16.5. The molecule has 0 aliphatic rings. The highest BCUT2D eigenvalue weighted by Crippen LogP contribution is 2.25. The van der Waals surface area contributed by atoms with Crippen LogP contribution in [0.4, 0.5) is 0 Å². The Hall–Kier alpha value is -2.37. The highest BCUT2D eigenvalue weighted by Gasteiger charge is 2.17. The Labute approximate surface area is 147 Å². The second-order valence-corrected chi connectivity index (χ2v) is 6.13. The number of carbonyl (C=O) groups excluding carboxylic acids is 1. The van der Waals surface area contributed by atoms with Gasteiger partial charge in [0.2, 0.25) is 0 Å². The van der Waals surface area contributed by atoms with Crippen LogP contribution in [-0.4, -0.2) is 16.1 Å². The molecule has 0 saturated heterocycles. The molecule has 1 aromatic heterocycles. The van der Waals surface area contributed by atoms with Crippen LogP contribution in [0.3, 0.4) is 0 Å². The van der Waals surface area contributed by atoms with E-state index in [1.54, 1.807) is 42.5 Å². The fourth-order valence-electron chi connectivity index (χ4n) is 2.42. The SMILES string of the molecule is CC(NC(=O)c1n[nH]c(=O)c2ccccc12)c1ccc(Cl)c(Cl)c1. The summed E-state index contributed by atoms with van der Waals surface area (Å²) in [6.45, 7) is 1.82. The number of rotatable bonds is 3. The Morgan fingerprint density at radius 1 is 1.12 bits per heavy atom. The summed E-state index contributed by atoms with van der Waals surface area (Å²) < 4.78 is 0. The molecule has 122 valence electrons. The molecule has 0 bridgehead atoms. The summed E-state index contributed by atoms with van der Waals surface area (Å²) in [6.07, 6.45) is 0. The molecule has 3 aromatic rings. The molecular weight excluding hydrogens is 349 g/mol. The maximum absolute atomic E-state index is 12.6. The molecule has 0 saturated carbocycles. The molecule has 0 fully saturated rings. The van der Waals surface area contributed by atoms with Crippen molar-refractivity contribution in [3.05, 3.63) is 74.1 Å². The predicted octanol–water partition coefficient (Wildman–Crippen LogP) is 3.72. The van der Waals surface area contributed by atoms with Crippen molar-refractivity contribution in [2.24, 2.45) is 0 Å². The van der Waals surface area contributed by atoms with Gasteiger partial charge in [0, 0.05) is 5.39 Å². The van der Waals surface area contributed by atoms with Gasteiger partial charge in [-0.05, 0) is 30.7 Å². The number of benzene rings is 2. The van der Waals surface area contributed by atoms with Crippen LogP contribution < -0.4 is 10.9 Å². The molecule has 7 heteroatoms. The van der Waals surface area contributed by atoms with Gasteiger partial charge in [-0.15, -0.1) is 0 Å². The molecule has 24 heavy (non-hydrogen) atoms. The average Bonchev–Trinajstić information content (AvgIpc) is 2.57. The smallest absolute Gasteiger partial charge is 0.272 e. The van der Waals surface area contributed by atoms with Gasteiger partial charge in [0.05, 0.1) is 21.5 Å². The molecule has 0 spiro atoms. The van der Waals surface area contributed by atoms with Crippen LogP contribution in [0.5, 0.6) is 0 Å². The van der Waals surface area contributed by atoms with Crippen molar-refractivity contribution in [3.63, 3.8) is 0 Å². The zero-order chi connectivity index (χ0) is 17.3. The van der Waals surface area contributed by atoms with Crippen molar-refractivity contribution in [1.29, 1.82) is 0 Å². The van der Waals surface area contributed by atoms with E-state index >= 15 is 0 Å². The van der Waals surface area contributed by atoms with E-state index in [4.69, 9.17) is 23.2 Å². The fraction of sp³-hybridized carbons (Fsp3) is 0.118. The van der Waals surface area contributed by atoms with Crippen molar-refractivity contribution in [2.75, 3.05) is 0 Å². The summed E-state index contributed by atoms with van der Waals surface area (Å²) in [5, 5.41) is 10.9. The van der Waals surface area contributed by atoms with Crippen LogP contribution in [0.2, 0.25) is 10.0 Å². The number of fused-ring (bicyclic) bond motifs is 1. The molecule has 1 heterocycles. The summed E-state index contributed by atoms with van der Waals surface area (Å²) in [4.78, 5) is 24.3. The highest BCUT2D eigenvalue weighted by molar-refractivity contribution is 6.42. The molecule has 3 rings (SSSR count). The Kier molecular flexibility index (Phi) is 4.55. The van der Waals surface area contributed by atoms with Crippen LogP contribution in [0.25, 0.3) is 10.8 Å². The van der Waals surface area contributed by atoms with E-state index in [2.05, 4.69) is 15.5 Å². The third-order valence-electron chi connectivity index (χ3n) is 3.70. The van der Waals surface area contributed by atoms with Gasteiger partial charge >= 0.3 is 0 Å². The van der Waals surface area contributed by atoms with Crippen LogP contribution >= 0.6 is 23.2 Å². The molecule has 0 aliphatic heterocycles. The second kappa shape index (κ2) is 6.63. The number of carbonyl (C=O) groups is 1. The number of hydrogen-bond donors (Lipinski definition) is 2. The lowest BCUT2D eigenvalue weighted by Crippen LogP contribution is -2.29. The summed E-state index contributed by atoms with van der Waals surface area (Å²) in [5.74, 6) is -0.388. The van der Waals surface area contributed by atoms with Gasteiger partial charge in [-0.1, -0.05) is 47.5 Å². The van der Waals surface area contributed by atoms with Crippen molar-refractivity contribution < 1.29 is 4.79 Å². The number of aromatic amines is 1. The van der Waals surface area contributed by atoms with Crippen LogP contribution in [0.15, 0.2) is 47.3 Å². The molecule has 1 amide bonds. The average molecular weight is 362 g/mol. The highest BCUT2D eigenvalue weighted by atomic mass is 35.5. The minimum Gasteiger partial charge on any atom is -0.344 e. The molecule has 1 unspecified atom stereocenters. The quantitative estimate of drug-likeness (QED) is 0.746. The number of hydrogen-bond acceptors (Lipinski definition) is 3. The molecule has 2 aromatic carbocycles. The molecule has 2 N–H and O–H groups in total. The molecule has 0 radical (unpaired) electrons. The maximum Gasteiger partial charge on any atom is 0.272 e. The Bertz CT molecular complexity index is 985. The van der Waals surface area contributed by atoms with Crippen molar-refractivity contribution >= 4 is 39.9 Å². The maximum atomic E-state index is 12.6. The van der Waals surface area contributed by atoms with E-state index in [1.807, 2.05) is 6.92 Å². The summed E-state index contributed by atoms with van der Waals surface area (Å²) in [7, 11) is 0. The number of nitrogens with one attached hydrogen (secondary N) is 2. The van der Waals surface area contributed by atoms with E-state index in [9.17, 15) is 9.59 Å². The molecule has 1 atom stereocenters. The zero-order valence-electron chi connectivity index (χ0n) is 12.6. The third-order valence-corrected chi connectivity index (χ3v) is 4.44. The molecule has 5 nitrogen and oxygen atoms in total. The lowest BCUT2D eigenvalue weighted by atomic mass is 10.1. The predicted molar refractivity (Wildman–Crippen MR) is 94.7 cm³/mol. The van der Waals surface area contributed by atoms with Crippen molar-refractivity contribution in [3.8, 4) is 0 Å². The summed E-state index contributed by atoms with van der Waals surface area (Å²) >= 11 is 11.9. The summed E-state index contributed by atoms with van der Waals surface area (Å²) in [5.41, 5.74) is 0.642. The van der Waals surface area contributed by atoms with Gasteiger partial charge in [0.25, 0.3) is 11.5 Å².